The predicted octanol–water partition coefficient (Wildman–Crippen LogP) is 1.88. The summed E-state index contributed by atoms with van der Waals surface area (Å²) in [6.07, 6.45) is 0. The van der Waals surface area contributed by atoms with Crippen molar-refractivity contribution in [1.29, 1.82) is 0 Å². The first kappa shape index (κ1) is 7.60. The van der Waals surface area contributed by atoms with Gasteiger partial charge in [-0.1, -0.05) is 12.1 Å². The maximum absolute atomic E-state index is 9.00. The Morgan fingerprint density at radius 1 is 1.36 bits per heavy atom. The Labute approximate surface area is 64.2 Å². The zero-order valence-corrected chi connectivity index (χ0v) is 6.07. The van der Waals surface area contributed by atoms with Crippen molar-refractivity contribution in [1.82, 2.24) is 0 Å². The van der Waals surface area contributed by atoms with Crippen molar-refractivity contribution in [3.63, 3.8) is 0 Å². The molecule has 2 rings (SSSR count). The van der Waals surface area contributed by atoms with Crippen LogP contribution in [0.1, 0.15) is 6.92 Å². The summed E-state index contributed by atoms with van der Waals surface area (Å²) in [5, 5.41) is 7.42. The van der Waals surface area contributed by atoms with Gasteiger partial charge in [0, 0.05) is 6.92 Å². The highest BCUT2D eigenvalue weighted by molar-refractivity contribution is 5.62. The van der Waals surface area contributed by atoms with Crippen molar-refractivity contribution in [2.45, 2.75) is 6.92 Å². The van der Waals surface area contributed by atoms with Gasteiger partial charge in [-0.15, -0.1) is 0 Å². The van der Waals surface area contributed by atoms with Crippen LogP contribution in [-0.2, 0) is 4.79 Å². The van der Waals surface area contributed by atoms with E-state index >= 15 is 0 Å². The molecule has 1 aliphatic heterocycles. The molecule has 1 aromatic carbocycles. The van der Waals surface area contributed by atoms with Gasteiger partial charge in [-0.3, -0.25) is 4.79 Å². The summed E-state index contributed by atoms with van der Waals surface area (Å²) >= 11 is 0. The van der Waals surface area contributed by atoms with Crippen LogP contribution in [0, 0.1) is 0 Å². The Morgan fingerprint density at radius 2 is 1.73 bits per heavy atom. The summed E-state index contributed by atoms with van der Waals surface area (Å²) in [5.74, 6) is 1.23. The van der Waals surface area contributed by atoms with Crippen molar-refractivity contribution in [2.24, 2.45) is 0 Å². The minimum Gasteiger partial charge on any atom is -0.481 e. The van der Waals surface area contributed by atoms with E-state index < -0.39 is 5.97 Å². The summed E-state index contributed by atoms with van der Waals surface area (Å²) in [6, 6.07) is 7.84. The lowest BCUT2D eigenvalue weighted by Gasteiger charge is -1.61. The molecule has 0 unspecified atom stereocenters. The van der Waals surface area contributed by atoms with E-state index in [1.165, 1.54) is 0 Å². The van der Waals surface area contributed by atoms with Gasteiger partial charge in [-0.25, -0.2) is 0 Å². The van der Waals surface area contributed by atoms with Crippen molar-refractivity contribution >= 4 is 5.97 Å². The maximum Gasteiger partial charge on any atom is 0.300 e. The molecule has 0 aliphatic carbocycles. The molecule has 0 saturated carbocycles. The number of fused-ring (bicyclic) bond motifs is 1. The molecule has 58 valence electrons. The molecule has 0 aromatic heterocycles. The molecule has 3 nitrogen and oxygen atoms in total. The van der Waals surface area contributed by atoms with E-state index in [0.29, 0.717) is 0 Å². The van der Waals surface area contributed by atoms with Crippen molar-refractivity contribution in [2.75, 3.05) is 0 Å². The molecule has 11 heavy (non-hydrogen) atoms. The van der Waals surface area contributed by atoms with Gasteiger partial charge in [0.2, 0.25) is 0 Å². The van der Waals surface area contributed by atoms with E-state index in [-0.39, 0.29) is 0 Å². The van der Waals surface area contributed by atoms with Crippen molar-refractivity contribution < 1.29 is 14.6 Å². The SMILES string of the molecule is CC(=O)O.c1ccc2c(c1)O2. The van der Waals surface area contributed by atoms with Gasteiger partial charge in [0.1, 0.15) is 0 Å². The molecule has 0 saturated heterocycles. The van der Waals surface area contributed by atoms with E-state index in [1.807, 2.05) is 24.3 Å². The van der Waals surface area contributed by atoms with E-state index in [0.717, 1.165) is 18.4 Å². The molecular formula is C8H8O3. The van der Waals surface area contributed by atoms with Crippen LogP contribution >= 0.6 is 0 Å². The normalized spacial score (nSPS) is 9.91. The average molecular weight is 152 g/mol. The van der Waals surface area contributed by atoms with Gasteiger partial charge < -0.3 is 9.84 Å². The molecular weight excluding hydrogens is 144 g/mol. The van der Waals surface area contributed by atoms with E-state index in [9.17, 15) is 0 Å². The fraction of sp³-hybridized carbons (Fsp3) is 0.125. The van der Waals surface area contributed by atoms with Crippen molar-refractivity contribution in [3.05, 3.63) is 24.3 Å². The zero-order valence-electron chi connectivity index (χ0n) is 6.07. The molecule has 0 bridgehead atoms. The van der Waals surface area contributed by atoms with Crippen LogP contribution < -0.4 is 4.74 Å². The lowest BCUT2D eigenvalue weighted by atomic mass is 10.4. The average Bonchev–Trinajstić information content (AvgIpc) is 2.62. The first-order valence-electron chi connectivity index (χ1n) is 3.16. The van der Waals surface area contributed by atoms with Gasteiger partial charge in [-0.2, -0.15) is 0 Å². The third-order valence-electron chi connectivity index (χ3n) is 1.03. The van der Waals surface area contributed by atoms with E-state index in [2.05, 4.69) is 0 Å². The molecule has 3 heteroatoms. The Bertz CT molecular complexity index is 243. The van der Waals surface area contributed by atoms with Crippen molar-refractivity contribution in [3.8, 4) is 11.5 Å². The van der Waals surface area contributed by atoms with Crippen LogP contribution in [0.25, 0.3) is 0 Å². The van der Waals surface area contributed by atoms with E-state index in [1.54, 1.807) is 0 Å². The first-order valence-corrected chi connectivity index (χ1v) is 3.16. The Kier molecular flexibility index (Phi) is 2.11. The van der Waals surface area contributed by atoms with Gasteiger partial charge >= 0.3 is 0 Å². The number of hydrogen-bond donors (Lipinski definition) is 1. The standard InChI is InChI=1S/C6H4O.C2H4O2/c1-2-4-6-5(3-1)7-6;1-2(3)4/h1-4H;1H3,(H,3,4). The van der Waals surface area contributed by atoms with Crippen LogP contribution in [0.4, 0.5) is 0 Å². The summed E-state index contributed by atoms with van der Waals surface area (Å²) in [5.41, 5.74) is 0. The quantitative estimate of drug-likeness (QED) is 0.586. The predicted molar refractivity (Wildman–Crippen MR) is 39.8 cm³/mol. The summed E-state index contributed by atoms with van der Waals surface area (Å²) in [4.78, 5) is 9.00. The van der Waals surface area contributed by atoms with Gasteiger partial charge in [0.15, 0.2) is 11.5 Å². The molecule has 0 radical (unpaired) electrons. The summed E-state index contributed by atoms with van der Waals surface area (Å²) < 4.78 is 4.94. The number of para-hydroxylation sites is 2. The molecule has 1 heterocycles. The first-order chi connectivity index (χ1) is 5.20. The minimum absolute atomic E-state index is 0.833. The van der Waals surface area contributed by atoms with Crippen LogP contribution in [0.15, 0.2) is 24.3 Å². The number of rotatable bonds is 0. The molecule has 0 spiro atoms. The van der Waals surface area contributed by atoms with Crippen LogP contribution in [0.5, 0.6) is 11.5 Å². The Hall–Kier alpha value is -1.51. The third-order valence-corrected chi connectivity index (χ3v) is 1.03. The lowest BCUT2D eigenvalue weighted by Crippen LogP contribution is -1.78. The molecule has 1 aromatic rings. The lowest BCUT2D eigenvalue weighted by molar-refractivity contribution is -0.134. The molecule has 0 fully saturated rings. The molecule has 0 amide bonds. The van der Waals surface area contributed by atoms with E-state index in [4.69, 9.17) is 14.6 Å². The van der Waals surface area contributed by atoms with Crippen LogP contribution in [0.2, 0.25) is 0 Å². The number of hydrogen-bond acceptors (Lipinski definition) is 2. The molecule has 0 atom stereocenters. The molecule has 1 N–H and O–H groups in total. The number of carboxylic acid groups (broad SMARTS) is 1. The van der Waals surface area contributed by atoms with Gasteiger partial charge in [0.25, 0.3) is 5.97 Å². The second kappa shape index (κ2) is 3.05. The molecule has 1 aliphatic rings. The number of carboxylic acids is 1. The Balaban J connectivity index is 0.000000134. The van der Waals surface area contributed by atoms with Gasteiger partial charge in [0.05, 0.1) is 0 Å². The summed E-state index contributed by atoms with van der Waals surface area (Å²) in [7, 11) is 0. The van der Waals surface area contributed by atoms with Crippen LogP contribution in [-0.4, -0.2) is 11.1 Å². The maximum atomic E-state index is 9.00. The number of aliphatic carboxylic acids is 1. The smallest absolute Gasteiger partial charge is 0.300 e. The van der Waals surface area contributed by atoms with Crippen LogP contribution in [0.3, 0.4) is 0 Å². The topological polar surface area (TPSA) is 49.8 Å². The zero-order chi connectivity index (χ0) is 8.27. The second-order valence-corrected chi connectivity index (χ2v) is 2.07. The number of ether oxygens (including phenoxy) is 1. The summed E-state index contributed by atoms with van der Waals surface area (Å²) in [6.45, 7) is 1.08. The third kappa shape index (κ3) is 2.71. The fourth-order valence-corrected chi connectivity index (χ4v) is 0.611. The highest BCUT2D eigenvalue weighted by atomic mass is 16.6. The highest BCUT2D eigenvalue weighted by Crippen LogP contribution is 2.43. The number of carbonyl (C=O) groups is 1. The second-order valence-electron chi connectivity index (χ2n) is 2.07. The largest absolute Gasteiger partial charge is 0.481 e. The monoisotopic (exact) mass is 152 g/mol. The van der Waals surface area contributed by atoms with Gasteiger partial charge in [-0.05, 0) is 12.1 Å². The highest BCUT2D eigenvalue weighted by Gasteiger charge is 2.15. The Morgan fingerprint density at radius 3 is 2.00 bits per heavy atom. The minimum atomic E-state index is -0.833. The fourth-order valence-electron chi connectivity index (χ4n) is 0.611. The number of benzene rings is 1.